The normalized spacial score (nSPS) is 11.2. The van der Waals surface area contributed by atoms with E-state index >= 15 is 0 Å². The molecule has 1 N–H and O–H groups in total. The average molecular weight is 390 g/mol. The third-order valence-electron chi connectivity index (χ3n) is 3.78. The number of hydrogen-bond donors (Lipinski definition) is 1. The second kappa shape index (κ2) is 11.1. The van der Waals surface area contributed by atoms with Crippen LogP contribution >= 0.6 is 35.3 Å². The number of nitrogens with one attached hydrogen (secondary N) is 1. The van der Waals surface area contributed by atoms with Gasteiger partial charge in [0.05, 0.1) is 14.2 Å². The SMILES string of the molecule is COc1ccc(CCNC(=O)CCC(SC)(SC)SC)cc1OC. The summed E-state index contributed by atoms with van der Waals surface area (Å²) in [5, 5.41) is 3.00. The Morgan fingerprint density at radius 2 is 1.71 bits per heavy atom. The van der Waals surface area contributed by atoms with Gasteiger partial charge in [0.15, 0.2) is 11.5 Å². The van der Waals surface area contributed by atoms with Gasteiger partial charge in [-0.05, 0) is 49.3 Å². The summed E-state index contributed by atoms with van der Waals surface area (Å²) in [6, 6.07) is 5.83. The van der Waals surface area contributed by atoms with Crippen molar-refractivity contribution in [2.24, 2.45) is 0 Å². The lowest BCUT2D eigenvalue weighted by Crippen LogP contribution is -2.27. The van der Waals surface area contributed by atoms with Crippen molar-refractivity contribution in [3.8, 4) is 11.5 Å². The highest BCUT2D eigenvalue weighted by molar-refractivity contribution is 8.33. The van der Waals surface area contributed by atoms with Gasteiger partial charge in [-0.25, -0.2) is 0 Å². The topological polar surface area (TPSA) is 47.6 Å². The molecular formula is C17H27NO3S3. The minimum Gasteiger partial charge on any atom is -0.493 e. The molecule has 0 heterocycles. The first-order valence-corrected chi connectivity index (χ1v) is 11.3. The van der Waals surface area contributed by atoms with Crippen molar-refractivity contribution in [1.29, 1.82) is 0 Å². The van der Waals surface area contributed by atoms with Gasteiger partial charge >= 0.3 is 0 Å². The molecule has 0 saturated heterocycles. The molecule has 1 rings (SSSR count). The van der Waals surface area contributed by atoms with Gasteiger partial charge in [-0.3, -0.25) is 4.79 Å². The van der Waals surface area contributed by atoms with E-state index in [1.165, 1.54) is 0 Å². The second-order valence-corrected chi connectivity index (χ2v) is 9.18. The molecule has 1 aromatic carbocycles. The molecule has 0 fully saturated rings. The third kappa shape index (κ3) is 6.33. The minimum atomic E-state index is 0.0701. The molecule has 0 saturated carbocycles. The third-order valence-corrected chi connectivity index (χ3v) is 9.25. The van der Waals surface area contributed by atoms with Gasteiger partial charge in [0.25, 0.3) is 0 Å². The number of methoxy groups -OCH3 is 2. The zero-order valence-electron chi connectivity index (χ0n) is 15.0. The highest BCUT2D eigenvalue weighted by Crippen LogP contribution is 2.46. The van der Waals surface area contributed by atoms with Gasteiger partial charge in [0.2, 0.25) is 5.91 Å². The van der Waals surface area contributed by atoms with Crippen LogP contribution in [0.5, 0.6) is 11.5 Å². The molecule has 0 aliphatic heterocycles. The molecule has 136 valence electrons. The number of rotatable bonds is 11. The summed E-state index contributed by atoms with van der Waals surface area (Å²) in [6.07, 6.45) is 8.48. The monoisotopic (exact) mass is 389 g/mol. The van der Waals surface area contributed by atoms with Gasteiger partial charge in [0, 0.05) is 13.0 Å². The number of benzene rings is 1. The van der Waals surface area contributed by atoms with Crippen LogP contribution in [0.25, 0.3) is 0 Å². The molecular weight excluding hydrogens is 362 g/mol. The van der Waals surface area contributed by atoms with Gasteiger partial charge in [-0.1, -0.05) is 6.07 Å². The van der Waals surface area contributed by atoms with Crippen molar-refractivity contribution in [2.75, 3.05) is 39.5 Å². The first-order valence-electron chi connectivity index (χ1n) is 7.67. The Morgan fingerprint density at radius 3 is 2.25 bits per heavy atom. The number of carbonyl (C=O) groups excluding carboxylic acids is 1. The lowest BCUT2D eigenvalue weighted by Gasteiger charge is -2.27. The summed E-state index contributed by atoms with van der Waals surface area (Å²) in [5.74, 6) is 1.54. The first-order chi connectivity index (χ1) is 11.5. The summed E-state index contributed by atoms with van der Waals surface area (Å²) in [4.78, 5) is 12.1. The van der Waals surface area contributed by atoms with E-state index in [2.05, 4.69) is 24.1 Å². The summed E-state index contributed by atoms with van der Waals surface area (Å²) in [6.45, 7) is 0.624. The molecule has 0 unspecified atom stereocenters. The fourth-order valence-corrected chi connectivity index (χ4v) is 5.21. The standard InChI is InChI=1S/C17H27NO3S3/c1-20-14-7-6-13(12-15(14)21-2)9-11-18-16(19)8-10-17(22-3,23-4)24-5/h6-7,12H,8-11H2,1-5H3,(H,18,19). The van der Waals surface area contributed by atoms with Crippen LogP contribution in [0, 0.1) is 0 Å². The maximum Gasteiger partial charge on any atom is 0.220 e. The summed E-state index contributed by atoms with van der Waals surface area (Å²) >= 11 is 5.42. The van der Waals surface area contributed by atoms with Crippen LogP contribution in [-0.2, 0) is 11.2 Å². The molecule has 0 aromatic heterocycles. The molecule has 24 heavy (non-hydrogen) atoms. The van der Waals surface area contributed by atoms with Crippen LogP contribution in [0.15, 0.2) is 18.2 Å². The molecule has 0 aliphatic rings. The molecule has 1 amide bonds. The van der Waals surface area contributed by atoms with Crippen molar-refractivity contribution < 1.29 is 14.3 Å². The van der Waals surface area contributed by atoms with Crippen LogP contribution in [0.1, 0.15) is 18.4 Å². The van der Waals surface area contributed by atoms with E-state index in [1.54, 1.807) is 14.2 Å². The molecule has 4 nitrogen and oxygen atoms in total. The Balaban J connectivity index is 2.43. The van der Waals surface area contributed by atoms with Gasteiger partial charge in [-0.15, -0.1) is 35.3 Å². The van der Waals surface area contributed by atoms with E-state index in [-0.39, 0.29) is 9.32 Å². The van der Waals surface area contributed by atoms with E-state index in [4.69, 9.17) is 9.47 Å². The number of amides is 1. The fourth-order valence-electron chi connectivity index (χ4n) is 2.29. The van der Waals surface area contributed by atoms with E-state index in [0.29, 0.717) is 24.5 Å². The molecule has 0 aliphatic carbocycles. The van der Waals surface area contributed by atoms with Crippen LogP contribution in [-0.4, -0.2) is 48.8 Å². The predicted molar refractivity (Wildman–Crippen MR) is 109 cm³/mol. The molecule has 0 radical (unpaired) electrons. The predicted octanol–water partition coefficient (Wildman–Crippen LogP) is 3.89. The fraction of sp³-hybridized carbons (Fsp3) is 0.588. The van der Waals surface area contributed by atoms with Crippen LogP contribution in [0.2, 0.25) is 0 Å². The molecule has 0 spiro atoms. The summed E-state index contributed by atoms with van der Waals surface area (Å²) < 4.78 is 10.6. The summed E-state index contributed by atoms with van der Waals surface area (Å²) in [5.41, 5.74) is 1.11. The maximum atomic E-state index is 12.1. The summed E-state index contributed by atoms with van der Waals surface area (Å²) in [7, 11) is 3.24. The first kappa shape index (κ1) is 21.4. The van der Waals surface area contributed by atoms with Crippen molar-refractivity contribution in [3.63, 3.8) is 0 Å². The van der Waals surface area contributed by atoms with Gasteiger partial charge in [0.1, 0.15) is 3.41 Å². The quantitative estimate of drug-likeness (QED) is 0.580. The van der Waals surface area contributed by atoms with Crippen molar-refractivity contribution >= 4 is 41.2 Å². The van der Waals surface area contributed by atoms with E-state index in [0.717, 1.165) is 18.4 Å². The largest absolute Gasteiger partial charge is 0.493 e. The lowest BCUT2D eigenvalue weighted by molar-refractivity contribution is -0.121. The van der Waals surface area contributed by atoms with Crippen molar-refractivity contribution in [2.45, 2.75) is 22.7 Å². The highest BCUT2D eigenvalue weighted by Gasteiger charge is 2.27. The zero-order valence-corrected chi connectivity index (χ0v) is 17.5. The van der Waals surface area contributed by atoms with E-state index < -0.39 is 0 Å². The number of thioether (sulfide) groups is 3. The van der Waals surface area contributed by atoms with Gasteiger partial charge in [-0.2, -0.15) is 0 Å². The Hall–Kier alpha value is -0.660. The number of ether oxygens (including phenoxy) is 2. The van der Waals surface area contributed by atoms with Crippen molar-refractivity contribution in [1.82, 2.24) is 5.32 Å². The number of hydrogen-bond acceptors (Lipinski definition) is 6. The van der Waals surface area contributed by atoms with E-state index in [9.17, 15) is 4.79 Å². The Morgan fingerprint density at radius 1 is 1.08 bits per heavy atom. The van der Waals surface area contributed by atoms with Crippen LogP contribution in [0.3, 0.4) is 0 Å². The van der Waals surface area contributed by atoms with E-state index in [1.807, 2.05) is 53.5 Å². The zero-order chi connectivity index (χ0) is 18.0. The molecule has 0 atom stereocenters. The Kier molecular flexibility index (Phi) is 9.85. The maximum absolute atomic E-state index is 12.1. The Bertz CT molecular complexity index is 514. The van der Waals surface area contributed by atoms with Crippen LogP contribution in [0.4, 0.5) is 0 Å². The number of carbonyl (C=O) groups is 1. The average Bonchev–Trinajstić information content (AvgIpc) is 2.63. The molecule has 1 aromatic rings. The van der Waals surface area contributed by atoms with Crippen LogP contribution < -0.4 is 14.8 Å². The van der Waals surface area contributed by atoms with Crippen molar-refractivity contribution in [3.05, 3.63) is 23.8 Å². The lowest BCUT2D eigenvalue weighted by atomic mass is 10.1. The van der Waals surface area contributed by atoms with Gasteiger partial charge < -0.3 is 14.8 Å². The minimum absolute atomic E-state index is 0.0701. The molecule has 7 heteroatoms. The molecule has 0 bridgehead atoms. The highest BCUT2D eigenvalue weighted by atomic mass is 32.3. The smallest absolute Gasteiger partial charge is 0.220 e. The second-order valence-electron chi connectivity index (χ2n) is 5.08. The Labute approximate surface area is 158 Å².